The minimum absolute atomic E-state index is 0.250. The number of aryl methyl sites for hydroxylation is 2. The number of benzene rings is 2. The molecule has 0 fully saturated rings. The number of hydrogen-bond acceptors (Lipinski definition) is 3. The van der Waals surface area contributed by atoms with Crippen LogP contribution in [0.5, 0.6) is 0 Å². The Morgan fingerprint density at radius 1 is 1.10 bits per heavy atom. The molecule has 1 aliphatic rings. The second kappa shape index (κ2) is 4.96. The van der Waals surface area contributed by atoms with Gasteiger partial charge in [0.1, 0.15) is 4.90 Å². The molecule has 0 aromatic heterocycles. The second-order valence-electron chi connectivity index (χ2n) is 4.95. The van der Waals surface area contributed by atoms with E-state index < -0.39 is 10.0 Å². The molecular formula is C15H13BrN2O2S. The van der Waals surface area contributed by atoms with Gasteiger partial charge in [0, 0.05) is 15.7 Å². The van der Waals surface area contributed by atoms with Gasteiger partial charge in [-0.15, -0.1) is 4.40 Å². The Balaban J connectivity index is 2.09. The predicted octanol–water partition coefficient (Wildman–Crippen LogP) is 3.63. The maximum absolute atomic E-state index is 12.0. The third-order valence-electron chi connectivity index (χ3n) is 3.37. The quantitative estimate of drug-likeness (QED) is 0.840. The molecule has 108 valence electrons. The molecule has 0 amide bonds. The summed E-state index contributed by atoms with van der Waals surface area (Å²) in [5.41, 5.74) is 3.53. The average Bonchev–Trinajstić information content (AvgIpc) is 2.66. The summed E-state index contributed by atoms with van der Waals surface area (Å²) in [4.78, 5) is 0.250. The van der Waals surface area contributed by atoms with Crippen LogP contribution in [-0.4, -0.2) is 14.3 Å². The van der Waals surface area contributed by atoms with Gasteiger partial charge in [-0.2, -0.15) is 8.42 Å². The molecule has 0 aliphatic carbocycles. The maximum Gasteiger partial charge on any atom is 0.285 e. The van der Waals surface area contributed by atoms with E-state index in [4.69, 9.17) is 0 Å². The lowest BCUT2D eigenvalue weighted by Gasteiger charge is -2.13. The highest BCUT2D eigenvalue weighted by Gasteiger charge is 2.28. The molecule has 0 radical (unpaired) electrons. The minimum atomic E-state index is -3.59. The van der Waals surface area contributed by atoms with Gasteiger partial charge < -0.3 is 5.32 Å². The highest BCUT2D eigenvalue weighted by molar-refractivity contribution is 9.10. The van der Waals surface area contributed by atoms with E-state index in [9.17, 15) is 8.42 Å². The van der Waals surface area contributed by atoms with Crippen molar-refractivity contribution in [1.29, 1.82) is 0 Å². The largest absolute Gasteiger partial charge is 0.339 e. The third-order valence-corrected chi connectivity index (χ3v) is 5.16. The molecule has 4 nitrogen and oxygen atoms in total. The minimum Gasteiger partial charge on any atom is -0.339 e. The van der Waals surface area contributed by atoms with Gasteiger partial charge in [0.05, 0.1) is 0 Å². The van der Waals surface area contributed by atoms with Crippen LogP contribution < -0.4 is 5.32 Å². The smallest absolute Gasteiger partial charge is 0.285 e. The van der Waals surface area contributed by atoms with Gasteiger partial charge in [0.15, 0.2) is 5.84 Å². The van der Waals surface area contributed by atoms with E-state index in [2.05, 4.69) is 25.6 Å². The Morgan fingerprint density at radius 2 is 1.71 bits per heavy atom. The van der Waals surface area contributed by atoms with Crippen LogP contribution in [0, 0.1) is 13.8 Å². The zero-order valence-electron chi connectivity index (χ0n) is 11.5. The molecule has 0 saturated heterocycles. The number of halogens is 1. The van der Waals surface area contributed by atoms with Crippen molar-refractivity contribution < 1.29 is 8.42 Å². The van der Waals surface area contributed by atoms with Gasteiger partial charge >= 0.3 is 0 Å². The number of anilines is 1. The van der Waals surface area contributed by atoms with E-state index >= 15 is 0 Å². The van der Waals surface area contributed by atoms with Crippen LogP contribution in [0.1, 0.15) is 16.7 Å². The summed E-state index contributed by atoms with van der Waals surface area (Å²) in [5, 5.41) is 3.17. The van der Waals surface area contributed by atoms with Crippen molar-refractivity contribution in [3.05, 3.63) is 57.6 Å². The van der Waals surface area contributed by atoms with Crippen molar-refractivity contribution in [2.75, 3.05) is 5.32 Å². The van der Waals surface area contributed by atoms with Crippen LogP contribution in [-0.2, 0) is 10.0 Å². The molecule has 0 spiro atoms. The SMILES string of the molecule is Cc1cc(Br)cc(C)c1NC1=NS(=O)(=O)c2ccccc21. The number of amidine groups is 1. The molecular weight excluding hydrogens is 352 g/mol. The molecule has 0 atom stereocenters. The van der Waals surface area contributed by atoms with Crippen LogP contribution in [0.4, 0.5) is 5.69 Å². The van der Waals surface area contributed by atoms with Gasteiger partial charge in [-0.25, -0.2) is 0 Å². The molecule has 3 rings (SSSR count). The van der Waals surface area contributed by atoms with Crippen LogP contribution in [0.3, 0.4) is 0 Å². The van der Waals surface area contributed by atoms with Crippen molar-refractivity contribution in [2.24, 2.45) is 4.40 Å². The van der Waals surface area contributed by atoms with E-state index in [0.717, 1.165) is 21.3 Å². The van der Waals surface area contributed by atoms with Crippen molar-refractivity contribution in [3.8, 4) is 0 Å². The summed E-state index contributed by atoms with van der Waals surface area (Å²) in [5.74, 6) is 0.374. The first kappa shape index (κ1) is 14.3. The van der Waals surface area contributed by atoms with Crippen LogP contribution >= 0.6 is 15.9 Å². The number of nitrogens with one attached hydrogen (secondary N) is 1. The van der Waals surface area contributed by atoms with E-state index in [1.165, 1.54) is 0 Å². The molecule has 0 unspecified atom stereocenters. The molecule has 0 bridgehead atoms. The lowest BCUT2D eigenvalue weighted by atomic mass is 10.1. The third kappa shape index (κ3) is 2.49. The Labute approximate surface area is 132 Å². The Kier molecular flexibility index (Phi) is 3.37. The second-order valence-corrected chi connectivity index (χ2v) is 7.44. The van der Waals surface area contributed by atoms with E-state index in [0.29, 0.717) is 11.4 Å². The normalized spacial score (nSPS) is 15.5. The summed E-state index contributed by atoms with van der Waals surface area (Å²) >= 11 is 3.45. The zero-order valence-corrected chi connectivity index (χ0v) is 13.9. The fourth-order valence-electron chi connectivity index (χ4n) is 2.42. The summed E-state index contributed by atoms with van der Waals surface area (Å²) in [6, 6.07) is 10.8. The van der Waals surface area contributed by atoms with Crippen molar-refractivity contribution >= 4 is 37.5 Å². The molecule has 1 aliphatic heterocycles. The van der Waals surface area contributed by atoms with E-state index in [-0.39, 0.29) is 4.90 Å². The topological polar surface area (TPSA) is 58.5 Å². The first-order valence-corrected chi connectivity index (χ1v) is 8.60. The summed E-state index contributed by atoms with van der Waals surface area (Å²) in [6.45, 7) is 3.94. The van der Waals surface area contributed by atoms with Crippen molar-refractivity contribution in [2.45, 2.75) is 18.7 Å². The summed E-state index contributed by atoms with van der Waals surface area (Å²) in [7, 11) is -3.59. The fraction of sp³-hybridized carbons (Fsp3) is 0.133. The van der Waals surface area contributed by atoms with Gasteiger partial charge in [-0.3, -0.25) is 0 Å². The number of hydrogen-bond donors (Lipinski definition) is 1. The Bertz CT molecular complexity index is 850. The standard InChI is InChI=1S/C15H13BrN2O2S/c1-9-7-11(16)8-10(2)14(9)17-15-12-5-3-4-6-13(12)21(19,20)18-15/h3-8H,1-2H3,(H,17,18). The predicted molar refractivity (Wildman–Crippen MR) is 87.4 cm³/mol. The Morgan fingerprint density at radius 3 is 2.38 bits per heavy atom. The van der Waals surface area contributed by atoms with E-state index in [1.807, 2.05) is 26.0 Å². The Hall–Kier alpha value is -1.66. The number of sulfonamides is 1. The highest BCUT2D eigenvalue weighted by Crippen LogP contribution is 2.30. The summed E-state index contributed by atoms with van der Waals surface area (Å²) in [6.07, 6.45) is 0. The first-order chi connectivity index (χ1) is 9.88. The van der Waals surface area contributed by atoms with Crippen molar-refractivity contribution in [3.63, 3.8) is 0 Å². The van der Waals surface area contributed by atoms with E-state index in [1.54, 1.807) is 24.3 Å². The van der Waals surface area contributed by atoms with Gasteiger partial charge in [0.25, 0.3) is 10.0 Å². The van der Waals surface area contributed by atoms with Crippen LogP contribution in [0.15, 0.2) is 50.2 Å². The fourth-order valence-corrected chi connectivity index (χ4v) is 4.28. The molecule has 6 heteroatoms. The van der Waals surface area contributed by atoms with Crippen LogP contribution in [0.25, 0.3) is 0 Å². The summed E-state index contributed by atoms with van der Waals surface area (Å²) < 4.78 is 28.9. The lowest BCUT2D eigenvalue weighted by Crippen LogP contribution is -2.13. The number of nitrogens with zero attached hydrogens (tertiary/aromatic N) is 1. The molecule has 21 heavy (non-hydrogen) atoms. The van der Waals surface area contributed by atoms with Crippen molar-refractivity contribution in [1.82, 2.24) is 0 Å². The number of fused-ring (bicyclic) bond motifs is 1. The van der Waals surface area contributed by atoms with Crippen LogP contribution in [0.2, 0.25) is 0 Å². The van der Waals surface area contributed by atoms with Gasteiger partial charge in [-0.05, 0) is 49.2 Å². The first-order valence-electron chi connectivity index (χ1n) is 6.36. The monoisotopic (exact) mass is 364 g/mol. The maximum atomic E-state index is 12.0. The molecule has 2 aromatic rings. The average molecular weight is 365 g/mol. The highest BCUT2D eigenvalue weighted by atomic mass is 79.9. The molecule has 0 saturated carbocycles. The van der Waals surface area contributed by atoms with Gasteiger partial charge in [0.2, 0.25) is 0 Å². The van der Waals surface area contributed by atoms with Gasteiger partial charge in [-0.1, -0.05) is 28.1 Å². The number of rotatable bonds is 1. The zero-order chi connectivity index (χ0) is 15.2. The molecule has 1 N–H and O–H groups in total. The lowest BCUT2D eigenvalue weighted by molar-refractivity contribution is 0.599. The molecule has 1 heterocycles. The molecule has 2 aromatic carbocycles.